The number of ketones is 1. The molecule has 1 amide bonds. The lowest BCUT2D eigenvalue weighted by atomic mass is 9.85. The highest BCUT2D eigenvalue weighted by atomic mass is 19.1. The molecule has 4 aromatic rings. The van der Waals surface area contributed by atoms with E-state index in [-0.39, 0.29) is 35.6 Å². The van der Waals surface area contributed by atoms with Gasteiger partial charge >= 0.3 is 0 Å². The summed E-state index contributed by atoms with van der Waals surface area (Å²) < 4.78 is 19.0. The fourth-order valence-corrected chi connectivity index (χ4v) is 3.95. The Morgan fingerprint density at radius 3 is 2.39 bits per heavy atom. The van der Waals surface area contributed by atoms with Crippen molar-refractivity contribution >= 4 is 11.7 Å². The van der Waals surface area contributed by atoms with Gasteiger partial charge in [-0.1, -0.05) is 44.2 Å². The molecule has 0 radical (unpaired) electrons. The van der Waals surface area contributed by atoms with Crippen LogP contribution in [0.1, 0.15) is 55.5 Å². The van der Waals surface area contributed by atoms with Crippen LogP contribution in [0.25, 0.3) is 11.4 Å². The van der Waals surface area contributed by atoms with Gasteiger partial charge in [0.1, 0.15) is 11.6 Å². The Kier molecular flexibility index (Phi) is 7.61. The Bertz CT molecular complexity index is 1490. The number of carbonyl (C=O) groups excluding carboxylic acids is 2. The van der Waals surface area contributed by atoms with Crippen LogP contribution in [-0.4, -0.2) is 37.9 Å². The number of halogens is 1. The molecule has 0 saturated carbocycles. The van der Waals surface area contributed by atoms with Crippen LogP contribution in [0.3, 0.4) is 0 Å². The van der Waals surface area contributed by atoms with Crippen LogP contribution in [0.15, 0.2) is 69.9 Å². The maximum absolute atomic E-state index is 13.3. The third-order valence-electron chi connectivity index (χ3n) is 6.19. The van der Waals surface area contributed by atoms with Crippen molar-refractivity contribution in [3.63, 3.8) is 0 Å². The zero-order chi connectivity index (χ0) is 27.4. The molecule has 2 heterocycles. The topological polar surface area (TPSA) is 131 Å². The Morgan fingerprint density at radius 1 is 1.05 bits per heavy atom. The quantitative estimate of drug-likeness (QED) is 0.323. The van der Waals surface area contributed by atoms with E-state index in [0.29, 0.717) is 5.56 Å². The molecule has 0 saturated heterocycles. The zero-order valence-electron chi connectivity index (χ0n) is 21.5. The number of rotatable bonds is 9. The molecular formula is C28H28FN5O4. The fraction of sp³-hybridized carbons (Fsp3) is 0.286. The molecule has 2 N–H and O–H groups in total. The number of H-pyrrole nitrogens is 1. The van der Waals surface area contributed by atoms with E-state index in [1.165, 1.54) is 30.3 Å². The predicted octanol–water partition coefficient (Wildman–Crippen LogP) is 3.85. The smallest absolute Gasteiger partial charge is 0.286 e. The van der Waals surface area contributed by atoms with Crippen LogP contribution >= 0.6 is 0 Å². The lowest BCUT2D eigenvalue weighted by molar-refractivity contribution is -0.121. The van der Waals surface area contributed by atoms with Gasteiger partial charge in [-0.05, 0) is 49.6 Å². The van der Waals surface area contributed by atoms with Gasteiger partial charge in [-0.3, -0.25) is 14.4 Å². The average molecular weight is 518 g/mol. The second-order valence-electron chi connectivity index (χ2n) is 9.83. The number of hydrogen-bond acceptors (Lipinski definition) is 7. The summed E-state index contributed by atoms with van der Waals surface area (Å²) in [7, 11) is 0. The summed E-state index contributed by atoms with van der Waals surface area (Å²) in [6.45, 7) is 7.40. The van der Waals surface area contributed by atoms with Crippen molar-refractivity contribution in [2.24, 2.45) is 5.92 Å². The molecule has 2 aromatic heterocycles. The van der Waals surface area contributed by atoms with Crippen LogP contribution in [0.5, 0.6) is 0 Å². The Labute approximate surface area is 218 Å². The van der Waals surface area contributed by atoms with E-state index in [0.717, 1.165) is 5.56 Å². The highest BCUT2D eigenvalue weighted by Gasteiger charge is 2.34. The minimum Gasteiger partial charge on any atom is -0.417 e. The SMILES string of the molecule is CC(C)[C@@H](NC(=O)Cc1cc(=O)[nH]c(-c2ccc(F)cc2)n1)C(=O)c1nnc(C(C)(C)c2ccccc2)o1. The summed E-state index contributed by atoms with van der Waals surface area (Å²) in [5, 5.41) is 10.8. The number of nitrogens with one attached hydrogen (secondary N) is 2. The van der Waals surface area contributed by atoms with Crippen molar-refractivity contribution in [2.75, 3.05) is 0 Å². The molecule has 0 fully saturated rings. The van der Waals surface area contributed by atoms with Crippen molar-refractivity contribution in [3.8, 4) is 11.4 Å². The van der Waals surface area contributed by atoms with Crippen LogP contribution in [0.2, 0.25) is 0 Å². The average Bonchev–Trinajstić information content (AvgIpc) is 3.39. The first-order valence-corrected chi connectivity index (χ1v) is 12.1. The monoisotopic (exact) mass is 517 g/mol. The van der Waals surface area contributed by atoms with Gasteiger partial charge in [0, 0.05) is 11.6 Å². The van der Waals surface area contributed by atoms with E-state index >= 15 is 0 Å². The molecule has 196 valence electrons. The number of Topliss-reactive ketones (excluding diaryl/α,β-unsaturated/α-hetero) is 1. The van der Waals surface area contributed by atoms with Crippen molar-refractivity contribution in [2.45, 2.75) is 45.6 Å². The second-order valence-corrected chi connectivity index (χ2v) is 9.83. The maximum Gasteiger partial charge on any atom is 0.286 e. The maximum atomic E-state index is 13.3. The highest BCUT2D eigenvalue weighted by Crippen LogP contribution is 2.30. The summed E-state index contributed by atoms with van der Waals surface area (Å²) in [5.74, 6) is -1.45. The molecule has 38 heavy (non-hydrogen) atoms. The fourth-order valence-electron chi connectivity index (χ4n) is 3.95. The Morgan fingerprint density at radius 2 is 1.74 bits per heavy atom. The van der Waals surface area contributed by atoms with Gasteiger partial charge in [0.25, 0.3) is 11.4 Å². The van der Waals surface area contributed by atoms with E-state index in [2.05, 4.69) is 25.5 Å². The Balaban J connectivity index is 1.50. The van der Waals surface area contributed by atoms with Gasteiger partial charge in [0.2, 0.25) is 17.6 Å². The molecule has 0 spiro atoms. The predicted molar refractivity (Wildman–Crippen MR) is 138 cm³/mol. The lowest BCUT2D eigenvalue weighted by Crippen LogP contribution is -2.45. The number of aromatic amines is 1. The zero-order valence-corrected chi connectivity index (χ0v) is 21.5. The summed E-state index contributed by atoms with van der Waals surface area (Å²) in [6, 6.07) is 15.3. The molecular weight excluding hydrogens is 489 g/mol. The third kappa shape index (κ3) is 5.91. The number of aromatic nitrogens is 4. The number of benzene rings is 2. The number of amides is 1. The van der Waals surface area contributed by atoms with Crippen molar-refractivity contribution in [1.29, 1.82) is 0 Å². The van der Waals surface area contributed by atoms with Gasteiger partial charge < -0.3 is 14.7 Å². The van der Waals surface area contributed by atoms with E-state index in [1.54, 1.807) is 13.8 Å². The lowest BCUT2D eigenvalue weighted by Gasteiger charge is -2.21. The van der Waals surface area contributed by atoms with Crippen molar-refractivity contribution in [3.05, 3.63) is 99.9 Å². The first-order valence-electron chi connectivity index (χ1n) is 12.1. The second kappa shape index (κ2) is 10.9. The minimum atomic E-state index is -0.936. The van der Waals surface area contributed by atoms with Crippen LogP contribution in [0, 0.1) is 11.7 Å². The first-order chi connectivity index (χ1) is 18.0. The minimum absolute atomic E-state index is 0.198. The van der Waals surface area contributed by atoms with Gasteiger partial charge in [0.05, 0.1) is 23.6 Å². The molecule has 0 bridgehead atoms. The molecule has 0 aliphatic carbocycles. The molecule has 0 aliphatic heterocycles. The molecule has 10 heteroatoms. The van der Waals surface area contributed by atoms with Gasteiger partial charge in [-0.25, -0.2) is 9.37 Å². The Hall–Kier alpha value is -4.47. The molecule has 1 atom stereocenters. The molecule has 2 aromatic carbocycles. The molecule has 4 rings (SSSR count). The van der Waals surface area contributed by atoms with E-state index in [4.69, 9.17) is 4.42 Å². The normalized spacial score (nSPS) is 12.4. The van der Waals surface area contributed by atoms with Crippen LogP contribution in [-0.2, 0) is 16.6 Å². The summed E-state index contributed by atoms with van der Waals surface area (Å²) in [5.41, 5.74) is 0.550. The molecule has 0 unspecified atom stereocenters. The van der Waals surface area contributed by atoms with Crippen molar-refractivity contribution in [1.82, 2.24) is 25.5 Å². The van der Waals surface area contributed by atoms with Crippen LogP contribution < -0.4 is 10.9 Å². The van der Waals surface area contributed by atoms with Crippen LogP contribution in [0.4, 0.5) is 4.39 Å². The number of hydrogen-bond donors (Lipinski definition) is 2. The van der Waals surface area contributed by atoms with Gasteiger partial charge in [0.15, 0.2) is 0 Å². The van der Waals surface area contributed by atoms with E-state index < -0.39 is 34.5 Å². The summed E-state index contributed by atoms with van der Waals surface area (Å²) in [6.07, 6.45) is -0.245. The third-order valence-corrected chi connectivity index (χ3v) is 6.19. The summed E-state index contributed by atoms with van der Waals surface area (Å²) in [4.78, 5) is 45.2. The summed E-state index contributed by atoms with van der Waals surface area (Å²) >= 11 is 0. The van der Waals surface area contributed by atoms with Gasteiger partial charge in [-0.2, -0.15) is 0 Å². The highest BCUT2D eigenvalue weighted by molar-refractivity contribution is 5.98. The number of carbonyl (C=O) groups is 2. The number of nitrogens with zero attached hydrogens (tertiary/aromatic N) is 3. The first kappa shape index (κ1) is 26.6. The largest absolute Gasteiger partial charge is 0.417 e. The standard InChI is InChI=1S/C28H28FN5O4/c1-16(2)23(24(37)26-33-34-27(38-26)28(3,4)18-8-6-5-7-9-18)31-21(35)14-20-15-22(36)32-25(30-20)17-10-12-19(29)13-11-17/h5-13,15-16,23H,14H2,1-4H3,(H,31,35)(H,30,32,36)/t23-/m1/s1. The van der Waals surface area contributed by atoms with Crippen molar-refractivity contribution < 1.29 is 18.4 Å². The molecule has 9 nitrogen and oxygen atoms in total. The van der Waals surface area contributed by atoms with E-state index in [9.17, 15) is 18.8 Å². The van der Waals surface area contributed by atoms with E-state index in [1.807, 2.05) is 44.2 Å². The molecule has 0 aliphatic rings. The van der Waals surface area contributed by atoms with Gasteiger partial charge in [-0.15, -0.1) is 10.2 Å².